The van der Waals surface area contributed by atoms with Crippen LogP contribution in [-0.4, -0.2) is 30.5 Å². The van der Waals surface area contributed by atoms with Gasteiger partial charge in [0.05, 0.1) is 17.7 Å². The largest absolute Gasteiger partial charge is 0.390 e. The van der Waals surface area contributed by atoms with E-state index in [-0.39, 0.29) is 6.10 Å². The third kappa shape index (κ3) is 3.74. The molecule has 2 N–H and O–H groups in total. The van der Waals surface area contributed by atoms with Crippen molar-refractivity contribution in [1.29, 1.82) is 0 Å². The molecular formula is C25H27NO2. The number of rotatable bonds is 6. The van der Waals surface area contributed by atoms with Gasteiger partial charge in [-0.05, 0) is 29.5 Å². The standard InChI is InChI=1S/C25H27NO2/c27-23-17-10-18-28-24(23)19-26-25(20-11-4-1-5-12-20,21-13-6-2-7-14-21)22-15-8-3-9-16-22/h1-9,11-16,23-24,26-27H,10,17-19H2. The fourth-order valence-electron chi connectivity index (χ4n) is 4.14. The van der Waals surface area contributed by atoms with Crippen molar-refractivity contribution in [2.45, 2.75) is 30.6 Å². The molecule has 1 saturated heterocycles. The molecule has 3 aromatic rings. The maximum atomic E-state index is 10.4. The highest BCUT2D eigenvalue weighted by Crippen LogP contribution is 2.37. The minimum atomic E-state index is -0.524. The maximum Gasteiger partial charge on any atom is 0.0958 e. The lowest BCUT2D eigenvalue weighted by atomic mass is 9.77. The first kappa shape index (κ1) is 18.9. The van der Waals surface area contributed by atoms with E-state index in [1.807, 2.05) is 18.2 Å². The molecule has 0 bridgehead atoms. The lowest BCUT2D eigenvalue weighted by molar-refractivity contribution is -0.0732. The predicted molar refractivity (Wildman–Crippen MR) is 112 cm³/mol. The van der Waals surface area contributed by atoms with Crippen LogP contribution in [0.2, 0.25) is 0 Å². The summed E-state index contributed by atoms with van der Waals surface area (Å²) in [6, 6.07) is 31.5. The van der Waals surface area contributed by atoms with E-state index in [1.54, 1.807) is 0 Å². The van der Waals surface area contributed by atoms with Crippen molar-refractivity contribution in [3.8, 4) is 0 Å². The van der Waals surface area contributed by atoms with Gasteiger partial charge in [0.2, 0.25) is 0 Å². The van der Waals surface area contributed by atoms with Crippen molar-refractivity contribution < 1.29 is 9.84 Å². The highest BCUT2D eigenvalue weighted by Gasteiger charge is 2.37. The van der Waals surface area contributed by atoms with E-state index in [2.05, 4.69) is 78.1 Å². The van der Waals surface area contributed by atoms with Crippen molar-refractivity contribution in [3.05, 3.63) is 108 Å². The molecule has 3 aromatic carbocycles. The van der Waals surface area contributed by atoms with Crippen molar-refractivity contribution in [1.82, 2.24) is 5.32 Å². The average Bonchev–Trinajstić information content (AvgIpc) is 2.78. The second kappa shape index (κ2) is 8.70. The monoisotopic (exact) mass is 373 g/mol. The molecule has 0 spiro atoms. The lowest BCUT2D eigenvalue weighted by Gasteiger charge is -2.39. The number of nitrogens with one attached hydrogen (secondary N) is 1. The van der Waals surface area contributed by atoms with Gasteiger partial charge in [0, 0.05) is 13.2 Å². The van der Waals surface area contributed by atoms with Gasteiger partial charge in [-0.3, -0.25) is 5.32 Å². The Hall–Kier alpha value is -2.46. The molecular weight excluding hydrogens is 346 g/mol. The zero-order valence-electron chi connectivity index (χ0n) is 16.0. The SMILES string of the molecule is OC1CCCOC1CNC(c1ccccc1)(c1ccccc1)c1ccccc1. The molecule has 2 atom stereocenters. The molecule has 0 aliphatic carbocycles. The minimum Gasteiger partial charge on any atom is -0.390 e. The Bertz CT molecular complexity index is 755. The molecule has 3 nitrogen and oxygen atoms in total. The smallest absolute Gasteiger partial charge is 0.0958 e. The van der Waals surface area contributed by atoms with Gasteiger partial charge in [-0.15, -0.1) is 0 Å². The molecule has 28 heavy (non-hydrogen) atoms. The number of aliphatic hydroxyl groups is 1. The van der Waals surface area contributed by atoms with Gasteiger partial charge in [0.25, 0.3) is 0 Å². The molecule has 144 valence electrons. The molecule has 0 radical (unpaired) electrons. The molecule has 2 unspecified atom stereocenters. The molecule has 0 saturated carbocycles. The van der Waals surface area contributed by atoms with Gasteiger partial charge in [-0.1, -0.05) is 91.0 Å². The van der Waals surface area contributed by atoms with E-state index in [0.717, 1.165) is 29.5 Å². The average molecular weight is 373 g/mol. The predicted octanol–water partition coefficient (Wildman–Crippen LogP) is 4.11. The van der Waals surface area contributed by atoms with Crippen LogP contribution in [0.5, 0.6) is 0 Å². The third-order valence-corrected chi connectivity index (χ3v) is 5.59. The summed E-state index contributed by atoms with van der Waals surface area (Å²) in [7, 11) is 0. The van der Waals surface area contributed by atoms with Crippen molar-refractivity contribution in [2.75, 3.05) is 13.2 Å². The van der Waals surface area contributed by atoms with E-state index in [1.165, 1.54) is 0 Å². The maximum absolute atomic E-state index is 10.4. The normalized spacial score (nSPS) is 20.0. The van der Waals surface area contributed by atoms with Crippen LogP contribution >= 0.6 is 0 Å². The summed E-state index contributed by atoms with van der Waals surface area (Å²) in [4.78, 5) is 0. The van der Waals surface area contributed by atoms with Crippen LogP contribution in [0.3, 0.4) is 0 Å². The van der Waals surface area contributed by atoms with Gasteiger partial charge in [0.1, 0.15) is 0 Å². The van der Waals surface area contributed by atoms with E-state index in [4.69, 9.17) is 4.74 Å². The number of ether oxygens (including phenoxy) is 1. The summed E-state index contributed by atoms with van der Waals surface area (Å²) in [5.74, 6) is 0. The number of hydrogen-bond donors (Lipinski definition) is 2. The molecule has 1 aliphatic rings. The highest BCUT2D eigenvalue weighted by atomic mass is 16.5. The van der Waals surface area contributed by atoms with Gasteiger partial charge < -0.3 is 9.84 Å². The summed E-state index contributed by atoms with van der Waals surface area (Å²) in [6.07, 6.45) is 1.07. The Morgan fingerprint density at radius 1 is 0.786 bits per heavy atom. The summed E-state index contributed by atoms with van der Waals surface area (Å²) in [5, 5.41) is 14.2. The summed E-state index contributed by atoms with van der Waals surface area (Å²) >= 11 is 0. The van der Waals surface area contributed by atoms with E-state index >= 15 is 0 Å². The lowest BCUT2D eigenvalue weighted by Crippen LogP contribution is -2.51. The Balaban J connectivity index is 1.81. The van der Waals surface area contributed by atoms with Gasteiger partial charge in [-0.25, -0.2) is 0 Å². The first-order chi connectivity index (χ1) is 13.8. The van der Waals surface area contributed by atoms with Crippen LogP contribution in [0, 0.1) is 0 Å². The minimum absolute atomic E-state index is 0.204. The molecule has 3 heteroatoms. The fourth-order valence-corrected chi connectivity index (χ4v) is 4.14. The second-order valence-electron chi connectivity index (χ2n) is 7.35. The molecule has 1 heterocycles. The number of aliphatic hydroxyl groups excluding tert-OH is 1. The first-order valence-corrected chi connectivity index (χ1v) is 10.0. The molecule has 0 aromatic heterocycles. The van der Waals surface area contributed by atoms with E-state index in [0.29, 0.717) is 13.2 Å². The number of benzene rings is 3. The van der Waals surface area contributed by atoms with Crippen LogP contribution < -0.4 is 5.32 Å². The van der Waals surface area contributed by atoms with Crippen molar-refractivity contribution >= 4 is 0 Å². The third-order valence-electron chi connectivity index (χ3n) is 5.59. The number of hydrogen-bond acceptors (Lipinski definition) is 3. The Kier molecular flexibility index (Phi) is 5.87. The van der Waals surface area contributed by atoms with Crippen molar-refractivity contribution in [3.63, 3.8) is 0 Å². The Morgan fingerprint density at radius 2 is 1.25 bits per heavy atom. The van der Waals surface area contributed by atoms with E-state index in [9.17, 15) is 5.11 Å². The molecule has 1 aliphatic heterocycles. The van der Waals surface area contributed by atoms with Gasteiger partial charge in [0.15, 0.2) is 0 Å². The Labute approximate surface area is 167 Å². The van der Waals surface area contributed by atoms with Crippen LogP contribution in [0.4, 0.5) is 0 Å². The van der Waals surface area contributed by atoms with Crippen LogP contribution in [-0.2, 0) is 10.3 Å². The van der Waals surface area contributed by atoms with Crippen LogP contribution in [0.15, 0.2) is 91.0 Å². The van der Waals surface area contributed by atoms with E-state index < -0.39 is 11.6 Å². The van der Waals surface area contributed by atoms with Gasteiger partial charge >= 0.3 is 0 Å². The van der Waals surface area contributed by atoms with Crippen molar-refractivity contribution in [2.24, 2.45) is 0 Å². The molecule has 0 amide bonds. The zero-order valence-corrected chi connectivity index (χ0v) is 16.0. The summed E-state index contributed by atoms with van der Waals surface area (Å²) in [6.45, 7) is 1.28. The molecule has 4 rings (SSSR count). The molecule has 1 fully saturated rings. The summed E-state index contributed by atoms with van der Waals surface area (Å²) in [5.41, 5.74) is 2.97. The quantitative estimate of drug-likeness (QED) is 0.639. The Morgan fingerprint density at radius 3 is 1.68 bits per heavy atom. The summed E-state index contributed by atoms with van der Waals surface area (Å²) < 4.78 is 5.88. The van der Waals surface area contributed by atoms with Crippen LogP contribution in [0.1, 0.15) is 29.5 Å². The first-order valence-electron chi connectivity index (χ1n) is 10.0. The van der Waals surface area contributed by atoms with Crippen LogP contribution in [0.25, 0.3) is 0 Å². The highest BCUT2D eigenvalue weighted by molar-refractivity contribution is 5.49. The fraction of sp³-hybridized carbons (Fsp3) is 0.280. The zero-order chi connectivity index (χ0) is 19.2. The topological polar surface area (TPSA) is 41.5 Å². The van der Waals surface area contributed by atoms with Gasteiger partial charge in [-0.2, -0.15) is 0 Å². The second-order valence-corrected chi connectivity index (χ2v) is 7.35.